The van der Waals surface area contributed by atoms with E-state index in [0.717, 1.165) is 19.3 Å². The molecule has 0 unspecified atom stereocenters. The second-order valence-electron chi connectivity index (χ2n) is 8.08. The Hall–Kier alpha value is -2.12. The average Bonchev–Trinajstić information content (AvgIpc) is 2.58. The van der Waals surface area contributed by atoms with Gasteiger partial charge in [0.15, 0.2) is 6.10 Å². The largest absolute Gasteiger partial charge is 0.451 e. The molecular formula is C18H27N3O5. The maximum absolute atomic E-state index is 12.8. The van der Waals surface area contributed by atoms with E-state index in [2.05, 4.69) is 10.6 Å². The van der Waals surface area contributed by atoms with E-state index >= 15 is 0 Å². The van der Waals surface area contributed by atoms with Gasteiger partial charge in [-0.25, -0.2) is 4.79 Å². The third-order valence-corrected chi connectivity index (χ3v) is 6.05. The fourth-order valence-electron chi connectivity index (χ4n) is 5.30. The maximum Gasteiger partial charge on any atom is 0.326 e. The normalized spacial score (nSPS) is 32.5. The Bertz CT molecular complexity index is 583. The van der Waals surface area contributed by atoms with Crippen LogP contribution in [0.25, 0.3) is 0 Å². The first-order chi connectivity index (χ1) is 12.3. The molecule has 1 atom stereocenters. The zero-order valence-electron chi connectivity index (χ0n) is 15.3. The minimum absolute atomic E-state index is 0.0592. The van der Waals surface area contributed by atoms with Crippen LogP contribution in [0, 0.1) is 23.2 Å². The number of hydrogen-bond donors (Lipinski definition) is 3. The first kappa shape index (κ1) is 18.7. The molecule has 8 nitrogen and oxygen atoms in total. The molecule has 4 amide bonds. The Labute approximate surface area is 152 Å². The first-order valence-corrected chi connectivity index (χ1v) is 9.31. The van der Waals surface area contributed by atoms with Crippen LogP contribution in [0.15, 0.2) is 0 Å². The second kappa shape index (κ2) is 7.25. The lowest BCUT2D eigenvalue weighted by Crippen LogP contribution is -2.54. The number of nitrogens with one attached hydrogen (secondary N) is 3. The van der Waals surface area contributed by atoms with E-state index in [1.165, 1.54) is 33.2 Å². The van der Waals surface area contributed by atoms with Crippen molar-refractivity contribution < 1.29 is 23.9 Å². The van der Waals surface area contributed by atoms with E-state index in [1.54, 1.807) is 0 Å². The van der Waals surface area contributed by atoms with Crippen LogP contribution < -0.4 is 16.0 Å². The molecule has 4 aliphatic carbocycles. The van der Waals surface area contributed by atoms with Crippen LogP contribution in [0.5, 0.6) is 0 Å². The van der Waals surface area contributed by atoms with Crippen molar-refractivity contribution in [2.45, 2.75) is 51.6 Å². The molecular weight excluding hydrogens is 338 g/mol. The predicted molar refractivity (Wildman–Crippen MR) is 91.8 cm³/mol. The van der Waals surface area contributed by atoms with Crippen LogP contribution in [0.4, 0.5) is 4.79 Å². The highest BCUT2D eigenvalue weighted by Gasteiger charge is 2.54. The number of rotatable bonds is 5. The SMILES string of the molecule is CNC(=O)NC(=O)[C@H](C)OC(=O)CNC(=O)C12CC3CC(CC(C3)C1)C2. The smallest absolute Gasteiger partial charge is 0.326 e. The fraction of sp³-hybridized carbons (Fsp3) is 0.778. The van der Waals surface area contributed by atoms with Crippen LogP contribution in [-0.2, 0) is 19.1 Å². The zero-order valence-corrected chi connectivity index (χ0v) is 15.3. The molecule has 3 N–H and O–H groups in total. The summed E-state index contributed by atoms with van der Waals surface area (Å²) in [5.74, 6) is 0.468. The van der Waals surface area contributed by atoms with Crippen molar-refractivity contribution in [2.24, 2.45) is 23.2 Å². The highest BCUT2D eigenvalue weighted by Crippen LogP contribution is 2.60. The van der Waals surface area contributed by atoms with Gasteiger partial charge < -0.3 is 15.4 Å². The van der Waals surface area contributed by atoms with Gasteiger partial charge in [-0.1, -0.05) is 0 Å². The van der Waals surface area contributed by atoms with Gasteiger partial charge in [0.25, 0.3) is 5.91 Å². The minimum atomic E-state index is -1.11. The van der Waals surface area contributed by atoms with Crippen LogP contribution in [-0.4, -0.2) is 43.5 Å². The van der Waals surface area contributed by atoms with Gasteiger partial charge >= 0.3 is 12.0 Å². The van der Waals surface area contributed by atoms with Gasteiger partial charge in [0.2, 0.25) is 5.91 Å². The summed E-state index contributed by atoms with van der Waals surface area (Å²) in [6.07, 6.45) is 5.38. The lowest BCUT2D eigenvalue weighted by atomic mass is 9.49. The molecule has 144 valence electrons. The van der Waals surface area contributed by atoms with Crippen molar-refractivity contribution in [2.75, 3.05) is 13.6 Å². The summed E-state index contributed by atoms with van der Waals surface area (Å²) in [7, 11) is 1.37. The van der Waals surface area contributed by atoms with Crippen molar-refractivity contribution in [3.05, 3.63) is 0 Å². The van der Waals surface area contributed by atoms with Crippen molar-refractivity contribution in [1.29, 1.82) is 0 Å². The standard InChI is InChI=1S/C18H27N3O5/c1-10(15(23)21-17(25)19-2)26-14(22)9-20-16(24)18-6-11-3-12(7-18)5-13(4-11)8-18/h10-13H,3-9H2,1-2H3,(H,20,24)(H2,19,21,23,25)/t10-,11?,12?,13?,18?/m0/s1. The summed E-state index contributed by atoms with van der Waals surface area (Å²) < 4.78 is 4.98. The Balaban J connectivity index is 1.46. The molecule has 4 rings (SSSR count). The van der Waals surface area contributed by atoms with Gasteiger partial charge in [-0.3, -0.25) is 19.7 Å². The summed E-state index contributed by atoms with van der Waals surface area (Å²) in [6, 6.07) is -0.673. The Morgan fingerprint density at radius 3 is 2.08 bits per heavy atom. The topological polar surface area (TPSA) is 114 Å². The fourth-order valence-corrected chi connectivity index (χ4v) is 5.30. The molecule has 0 heterocycles. The summed E-state index contributed by atoms with van der Waals surface area (Å²) in [5, 5.41) is 6.99. The van der Waals surface area contributed by atoms with Gasteiger partial charge in [-0.2, -0.15) is 0 Å². The molecule has 0 aromatic carbocycles. The van der Waals surface area contributed by atoms with Crippen LogP contribution in [0.3, 0.4) is 0 Å². The number of carbonyl (C=O) groups is 4. The van der Waals surface area contributed by atoms with Crippen molar-refractivity contribution in [3.63, 3.8) is 0 Å². The highest BCUT2D eigenvalue weighted by molar-refractivity contribution is 5.97. The number of carbonyl (C=O) groups excluding carboxylic acids is 4. The molecule has 0 saturated heterocycles. The van der Waals surface area contributed by atoms with E-state index in [1.807, 2.05) is 5.32 Å². The van der Waals surface area contributed by atoms with E-state index in [-0.39, 0.29) is 17.9 Å². The number of hydrogen-bond acceptors (Lipinski definition) is 5. The minimum Gasteiger partial charge on any atom is -0.451 e. The Morgan fingerprint density at radius 2 is 1.58 bits per heavy atom. The number of imide groups is 1. The number of esters is 1. The van der Waals surface area contributed by atoms with E-state index in [0.29, 0.717) is 17.8 Å². The molecule has 8 heteroatoms. The van der Waals surface area contributed by atoms with Crippen LogP contribution in [0.1, 0.15) is 45.4 Å². The molecule has 4 saturated carbocycles. The first-order valence-electron chi connectivity index (χ1n) is 9.31. The average molecular weight is 365 g/mol. The third kappa shape index (κ3) is 3.83. The van der Waals surface area contributed by atoms with Crippen LogP contribution >= 0.6 is 0 Å². The molecule has 4 bridgehead atoms. The van der Waals surface area contributed by atoms with Gasteiger partial charge in [0.1, 0.15) is 6.54 Å². The zero-order chi connectivity index (χ0) is 18.9. The molecule has 0 aliphatic heterocycles. The van der Waals surface area contributed by atoms with Crippen molar-refractivity contribution in [3.8, 4) is 0 Å². The maximum atomic E-state index is 12.8. The third-order valence-electron chi connectivity index (χ3n) is 6.05. The summed E-state index contributed by atoms with van der Waals surface area (Å²) in [4.78, 5) is 47.5. The second-order valence-corrected chi connectivity index (χ2v) is 8.08. The van der Waals surface area contributed by atoms with Crippen molar-refractivity contribution in [1.82, 2.24) is 16.0 Å². The van der Waals surface area contributed by atoms with Gasteiger partial charge in [0.05, 0.1) is 0 Å². The van der Waals surface area contributed by atoms with Gasteiger partial charge in [-0.05, 0) is 63.2 Å². The van der Waals surface area contributed by atoms with E-state index < -0.39 is 24.0 Å². The molecule has 0 spiro atoms. The molecule has 26 heavy (non-hydrogen) atoms. The number of amides is 4. The summed E-state index contributed by atoms with van der Waals surface area (Å²) in [6.45, 7) is 1.11. The molecule has 4 fully saturated rings. The number of urea groups is 1. The molecule has 0 aromatic rings. The molecule has 4 aliphatic rings. The van der Waals surface area contributed by atoms with E-state index in [4.69, 9.17) is 4.74 Å². The summed E-state index contributed by atoms with van der Waals surface area (Å²) in [5.41, 5.74) is -0.322. The summed E-state index contributed by atoms with van der Waals surface area (Å²) >= 11 is 0. The monoisotopic (exact) mass is 365 g/mol. The van der Waals surface area contributed by atoms with Crippen LogP contribution in [0.2, 0.25) is 0 Å². The lowest BCUT2D eigenvalue weighted by molar-refractivity contribution is -0.156. The Morgan fingerprint density at radius 1 is 1.04 bits per heavy atom. The quantitative estimate of drug-likeness (QED) is 0.621. The predicted octanol–water partition coefficient (Wildman–Crippen LogP) is 0.706. The van der Waals surface area contributed by atoms with Gasteiger partial charge in [-0.15, -0.1) is 0 Å². The highest BCUT2D eigenvalue weighted by atomic mass is 16.5. The van der Waals surface area contributed by atoms with Gasteiger partial charge in [0, 0.05) is 12.5 Å². The molecule has 0 aromatic heterocycles. The lowest BCUT2D eigenvalue weighted by Gasteiger charge is -2.55. The van der Waals surface area contributed by atoms with Crippen molar-refractivity contribution >= 4 is 23.8 Å². The molecule has 0 radical (unpaired) electrons. The van der Waals surface area contributed by atoms with E-state index in [9.17, 15) is 19.2 Å². The number of ether oxygens (including phenoxy) is 1. The Kier molecular flexibility index (Phi) is 5.20.